The number of halogens is 1. The first kappa shape index (κ1) is 22.6. The van der Waals surface area contributed by atoms with Crippen LogP contribution in [0.1, 0.15) is 51.4 Å². The van der Waals surface area contributed by atoms with E-state index in [2.05, 4.69) is 33.5 Å². The molecule has 0 aliphatic heterocycles. The maximum atomic E-state index is 13.3. The Bertz CT molecular complexity index is 1140. The van der Waals surface area contributed by atoms with Gasteiger partial charge in [0.05, 0.1) is 17.7 Å². The number of carbonyl (C=O) groups excluding carboxylic acids is 2. The number of hydrogen-bond donors (Lipinski definition) is 2. The summed E-state index contributed by atoms with van der Waals surface area (Å²) >= 11 is 4.95. The minimum absolute atomic E-state index is 0.205. The fraction of sp³-hybridized carbons (Fsp3) is 0.280. The average Bonchev–Trinajstić information content (AvgIpc) is 3.12. The molecule has 0 saturated heterocycles. The van der Waals surface area contributed by atoms with E-state index in [9.17, 15) is 9.59 Å². The van der Waals surface area contributed by atoms with Crippen molar-refractivity contribution in [2.45, 2.75) is 33.1 Å². The van der Waals surface area contributed by atoms with Gasteiger partial charge < -0.3 is 15.4 Å². The van der Waals surface area contributed by atoms with E-state index in [4.69, 9.17) is 4.74 Å². The number of amides is 2. The van der Waals surface area contributed by atoms with Crippen LogP contribution in [0.2, 0.25) is 0 Å². The molecule has 2 amide bonds. The van der Waals surface area contributed by atoms with E-state index in [0.29, 0.717) is 38.8 Å². The van der Waals surface area contributed by atoms with Gasteiger partial charge in [0.1, 0.15) is 10.8 Å². The van der Waals surface area contributed by atoms with Crippen molar-refractivity contribution < 1.29 is 14.3 Å². The summed E-state index contributed by atoms with van der Waals surface area (Å²) in [6.07, 6.45) is 2.79. The molecule has 3 aromatic rings. The molecular weight excluding hydrogens is 488 g/mol. The Labute approximate surface area is 200 Å². The molecule has 0 saturated carbocycles. The van der Waals surface area contributed by atoms with Crippen molar-refractivity contribution in [2.75, 3.05) is 17.2 Å². The lowest BCUT2D eigenvalue weighted by Crippen LogP contribution is -2.19. The highest BCUT2D eigenvalue weighted by Gasteiger charge is 2.29. The van der Waals surface area contributed by atoms with Gasteiger partial charge in [0.15, 0.2) is 0 Å². The van der Waals surface area contributed by atoms with Gasteiger partial charge in [-0.1, -0.05) is 19.1 Å². The van der Waals surface area contributed by atoms with Gasteiger partial charge in [0.2, 0.25) is 0 Å². The predicted molar refractivity (Wildman–Crippen MR) is 133 cm³/mol. The summed E-state index contributed by atoms with van der Waals surface area (Å²) in [6.45, 7) is 4.74. The molecule has 0 fully saturated rings. The normalized spacial score (nSPS) is 15.0. The number of carbonyl (C=O) groups is 2. The molecule has 7 heteroatoms. The van der Waals surface area contributed by atoms with Crippen LogP contribution in [-0.2, 0) is 12.8 Å². The summed E-state index contributed by atoms with van der Waals surface area (Å²) < 4.78 is 6.19. The van der Waals surface area contributed by atoms with Gasteiger partial charge in [0.25, 0.3) is 11.8 Å². The highest BCUT2D eigenvalue weighted by molar-refractivity contribution is 9.10. The van der Waals surface area contributed by atoms with Gasteiger partial charge >= 0.3 is 0 Å². The van der Waals surface area contributed by atoms with Crippen LogP contribution in [0.5, 0.6) is 5.75 Å². The van der Waals surface area contributed by atoms with Crippen molar-refractivity contribution in [3.63, 3.8) is 0 Å². The minimum atomic E-state index is -0.237. The van der Waals surface area contributed by atoms with Crippen LogP contribution >= 0.6 is 27.3 Å². The largest absolute Gasteiger partial charge is 0.494 e. The standard InChI is InChI=1S/C25H25BrN2O3S/c1-3-31-17-11-9-16(10-12-17)27-24(30)22-19-13-8-15(2)14-21(19)32-25(22)28-23(29)18-6-4-5-7-20(18)26/h4-7,9-12,15H,3,8,13-14H2,1-2H3,(H,27,30)(H,28,29)/t15-/m1/s1. The Morgan fingerprint density at radius 2 is 1.84 bits per heavy atom. The summed E-state index contributed by atoms with van der Waals surface area (Å²) in [7, 11) is 0. The number of nitrogens with one attached hydrogen (secondary N) is 2. The third kappa shape index (κ3) is 4.89. The van der Waals surface area contributed by atoms with Crippen LogP contribution in [0.15, 0.2) is 53.0 Å². The molecule has 4 rings (SSSR count). The molecule has 166 valence electrons. The van der Waals surface area contributed by atoms with E-state index >= 15 is 0 Å². The first-order chi connectivity index (χ1) is 15.5. The molecule has 0 unspecified atom stereocenters. The zero-order chi connectivity index (χ0) is 22.7. The minimum Gasteiger partial charge on any atom is -0.494 e. The number of anilines is 2. The number of benzene rings is 2. The number of thiophene rings is 1. The maximum Gasteiger partial charge on any atom is 0.258 e. The fourth-order valence-electron chi connectivity index (χ4n) is 3.89. The lowest BCUT2D eigenvalue weighted by atomic mass is 9.88. The van der Waals surface area contributed by atoms with Gasteiger partial charge in [-0.05, 0) is 90.0 Å². The molecule has 1 aromatic heterocycles. The maximum absolute atomic E-state index is 13.3. The topological polar surface area (TPSA) is 67.4 Å². The Balaban J connectivity index is 1.63. The molecule has 1 aliphatic carbocycles. The molecular formula is C25H25BrN2O3S. The third-order valence-electron chi connectivity index (χ3n) is 5.51. The van der Waals surface area contributed by atoms with Crippen molar-refractivity contribution in [1.29, 1.82) is 0 Å². The Morgan fingerprint density at radius 3 is 2.56 bits per heavy atom. The zero-order valence-electron chi connectivity index (χ0n) is 18.0. The van der Waals surface area contributed by atoms with E-state index < -0.39 is 0 Å². The van der Waals surface area contributed by atoms with Crippen molar-refractivity contribution in [1.82, 2.24) is 0 Å². The summed E-state index contributed by atoms with van der Waals surface area (Å²) in [4.78, 5) is 27.5. The SMILES string of the molecule is CCOc1ccc(NC(=O)c2c(NC(=O)c3ccccc3Br)sc3c2CC[C@@H](C)C3)cc1. The summed E-state index contributed by atoms with van der Waals surface area (Å²) in [6, 6.07) is 14.6. The van der Waals surface area contributed by atoms with E-state index in [1.807, 2.05) is 49.4 Å². The summed E-state index contributed by atoms with van der Waals surface area (Å²) in [5.74, 6) is 0.881. The number of ether oxygens (including phenoxy) is 1. The number of fused-ring (bicyclic) bond motifs is 1. The second kappa shape index (κ2) is 9.88. The monoisotopic (exact) mass is 512 g/mol. The van der Waals surface area contributed by atoms with E-state index in [0.717, 1.165) is 30.6 Å². The van der Waals surface area contributed by atoms with E-state index in [1.54, 1.807) is 6.07 Å². The van der Waals surface area contributed by atoms with Crippen LogP contribution in [0.25, 0.3) is 0 Å². The summed E-state index contributed by atoms with van der Waals surface area (Å²) in [5, 5.41) is 6.60. The number of rotatable bonds is 6. The molecule has 1 atom stereocenters. The molecule has 2 N–H and O–H groups in total. The molecule has 5 nitrogen and oxygen atoms in total. The Hall–Kier alpha value is -2.64. The lowest BCUT2D eigenvalue weighted by Gasteiger charge is -2.18. The molecule has 0 bridgehead atoms. The highest BCUT2D eigenvalue weighted by Crippen LogP contribution is 2.40. The smallest absolute Gasteiger partial charge is 0.258 e. The van der Waals surface area contributed by atoms with Gasteiger partial charge in [0, 0.05) is 15.0 Å². The first-order valence-electron chi connectivity index (χ1n) is 10.7. The quantitative estimate of drug-likeness (QED) is 0.394. The fourth-order valence-corrected chi connectivity index (χ4v) is 5.76. The molecule has 1 aliphatic rings. The van der Waals surface area contributed by atoms with Crippen molar-refractivity contribution in [3.8, 4) is 5.75 Å². The number of hydrogen-bond acceptors (Lipinski definition) is 4. The van der Waals surface area contributed by atoms with Crippen LogP contribution in [0, 0.1) is 5.92 Å². The van der Waals surface area contributed by atoms with Crippen LogP contribution < -0.4 is 15.4 Å². The first-order valence-corrected chi connectivity index (χ1v) is 12.3. The summed E-state index contributed by atoms with van der Waals surface area (Å²) in [5.41, 5.74) is 2.85. The van der Waals surface area contributed by atoms with Crippen molar-refractivity contribution >= 4 is 49.8 Å². The molecule has 0 radical (unpaired) electrons. The molecule has 1 heterocycles. The van der Waals surface area contributed by atoms with E-state index in [1.165, 1.54) is 16.2 Å². The van der Waals surface area contributed by atoms with Crippen LogP contribution in [-0.4, -0.2) is 18.4 Å². The molecule has 32 heavy (non-hydrogen) atoms. The van der Waals surface area contributed by atoms with Crippen LogP contribution in [0.4, 0.5) is 10.7 Å². The van der Waals surface area contributed by atoms with Gasteiger partial charge in [-0.3, -0.25) is 9.59 Å². The lowest BCUT2D eigenvalue weighted by molar-refractivity contribution is 0.102. The van der Waals surface area contributed by atoms with Crippen LogP contribution in [0.3, 0.4) is 0 Å². The van der Waals surface area contributed by atoms with Gasteiger partial charge in [-0.25, -0.2) is 0 Å². The van der Waals surface area contributed by atoms with E-state index in [-0.39, 0.29) is 11.8 Å². The molecule has 0 spiro atoms. The van der Waals surface area contributed by atoms with Gasteiger partial charge in [-0.15, -0.1) is 11.3 Å². The predicted octanol–water partition coefficient (Wildman–Crippen LogP) is 6.54. The van der Waals surface area contributed by atoms with Gasteiger partial charge in [-0.2, -0.15) is 0 Å². The average molecular weight is 513 g/mol. The zero-order valence-corrected chi connectivity index (χ0v) is 20.4. The Morgan fingerprint density at radius 1 is 1.09 bits per heavy atom. The molecule has 2 aromatic carbocycles. The second-order valence-corrected chi connectivity index (χ2v) is 9.86. The third-order valence-corrected chi connectivity index (χ3v) is 7.37. The van der Waals surface area contributed by atoms with Crippen molar-refractivity contribution in [3.05, 3.63) is 74.6 Å². The van der Waals surface area contributed by atoms with Crippen molar-refractivity contribution in [2.24, 2.45) is 5.92 Å². The highest BCUT2D eigenvalue weighted by atomic mass is 79.9. The Kier molecular flexibility index (Phi) is 6.96. The second-order valence-electron chi connectivity index (χ2n) is 7.90.